The first-order valence-corrected chi connectivity index (χ1v) is 9.70. The standard InChI is InChI=1S/C24H26N2O5/c1-16-22(17-10-12-19(29-4)13-11-17)25-26(2)23(16)31-14-18-8-6-7-9-20(18)21(15-28-3)24(27)30-5/h6-13,15H,14H2,1-5H3/b21-15+. The molecule has 3 rings (SSSR count). The highest BCUT2D eigenvalue weighted by atomic mass is 16.5. The predicted molar refractivity (Wildman–Crippen MR) is 118 cm³/mol. The Morgan fingerprint density at radius 2 is 1.77 bits per heavy atom. The van der Waals surface area contributed by atoms with E-state index in [-0.39, 0.29) is 6.61 Å². The number of hydrogen-bond donors (Lipinski definition) is 0. The average Bonchev–Trinajstić information content (AvgIpc) is 3.09. The van der Waals surface area contributed by atoms with Crippen molar-refractivity contribution >= 4 is 11.5 Å². The molecule has 7 nitrogen and oxygen atoms in total. The normalized spacial score (nSPS) is 11.2. The van der Waals surface area contributed by atoms with Gasteiger partial charge in [0.05, 0.1) is 33.3 Å². The van der Waals surface area contributed by atoms with Gasteiger partial charge in [-0.3, -0.25) is 0 Å². The van der Waals surface area contributed by atoms with Crippen LogP contribution in [0.15, 0.2) is 54.8 Å². The van der Waals surface area contributed by atoms with Gasteiger partial charge in [-0.2, -0.15) is 5.10 Å². The Kier molecular flexibility index (Phi) is 6.97. The molecule has 0 aliphatic heterocycles. The number of aryl methyl sites for hydroxylation is 1. The quantitative estimate of drug-likeness (QED) is 0.309. The van der Waals surface area contributed by atoms with E-state index in [1.807, 2.05) is 62.5 Å². The number of hydrogen-bond acceptors (Lipinski definition) is 6. The van der Waals surface area contributed by atoms with Crippen LogP contribution in [0.1, 0.15) is 16.7 Å². The molecule has 3 aromatic rings. The summed E-state index contributed by atoms with van der Waals surface area (Å²) in [4.78, 5) is 12.2. The number of aromatic nitrogens is 2. The fourth-order valence-electron chi connectivity index (χ4n) is 3.34. The molecule has 0 unspecified atom stereocenters. The second kappa shape index (κ2) is 9.84. The third-order valence-electron chi connectivity index (χ3n) is 4.90. The van der Waals surface area contributed by atoms with Gasteiger partial charge in [0.2, 0.25) is 5.88 Å². The second-order valence-electron chi connectivity index (χ2n) is 6.84. The molecule has 0 aliphatic rings. The van der Waals surface area contributed by atoms with E-state index in [4.69, 9.17) is 18.9 Å². The Labute approximate surface area is 181 Å². The van der Waals surface area contributed by atoms with Crippen LogP contribution < -0.4 is 9.47 Å². The highest BCUT2D eigenvalue weighted by Crippen LogP contribution is 2.31. The molecular formula is C24H26N2O5. The van der Waals surface area contributed by atoms with Crippen molar-refractivity contribution in [2.75, 3.05) is 21.3 Å². The van der Waals surface area contributed by atoms with Crippen LogP contribution in [0.25, 0.3) is 16.8 Å². The van der Waals surface area contributed by atoms with Gasteiger partial charge in [-0.15, -0.1) is 0 Å². The van der Waals surface area contributed by atoms with Gasteiger partial charge in [-0.25, -0.2) is 9.48 Å². The average molecular weight is 422 g/mol. The van der Waals surface area contributed by atoms with Gasteiger partial charge in [0.15, 0.2) is 0 Å². The topological polar surface area (TPSA) is 71.8 Å². The fourth-order valence-corrected chi connectivity index (χ4v) is 3.34. The van der Waals surface area contributed by atoms with Gasteiger partial charge >= 0.3 is 5.97 Å². The summed E-state index contributed by atoms with van der Waals surface area (Å²) in [7, 11) is 6.30. The summed E-state index contributed by atoms with van der Waals surface area (Å²) in [5.41, 5.74) is 4.56. The van der Waals surface area contributed by atoms with Crippen molar-refractivity contribution in [3.05, 3.63) is 71.5 Å². The van der Waals surface area contributed by atoms with Gasteiger partial charge in [0, 0.05) is 18.2 Å². The van der Waals surface area contributed by atoms with Gasteiger partial charge in [-0.1, -0.05) is 24.3 Å². The summed E-state index contributed by atoms with van der Waals surface area (Å²) < 4.78 is 23.1. The molecule has 1 heterocycles. The number of esters is 1. The van der Waals surface area contributed by atoms with Gasteiger partial charge < -0.3 is 18.9 Å². The first-order valence-electron chi connectivity index (χ1n) is 9.70. The van der Waals surface area contributed by atoms with Crippen LogP contribution in [0.3, 0.4) is 0 Å². The number of rotatable bonds is 8. The Hall–Kier alpha value is -3.74. The van der Waals surface area contributed by atoms with E-state index in [1.54, 1.807) is 11.8 Å². The third kappa shape index (κ3) is 4.71. The van der Waals surface area contributed by atoms with E-state index in [0.717, 1.165) is 28.1 Å². The van der Waals surface area contributed by atoms with Crippen LogP contribution in [0.2, 0.25) is 0 Å². The van der Waals surface area contributed by atoms with Crippen LogP contribution in [0.4, 0.5) is 0 Å². The molecule has 162 valence electrons. The minimum Gasteiger partial charge on any atom is -0.503 e. The smallest absolute Gasteiger partial charge is 0.341 e. The SMILES string of the molecule is CO/C=C(/C(=O)OC)c1ccccc1COc1c(C)c(-c2ccc(OC)cc2)nn1C. The van der Waals surface area contributed by atoms with Crippen molar-refractivity contribution in [2.45, 2.75) is 13.5 Å². The van der Waals surface area contributed by atoms with Gasteiger partial charge in [0.25, 0.3) is 0 Å². The van der Waals surface area contributed by atoms with Crippen molar-refractivity contribution in [1.29, 1.82) is 0 Å². The Bertz CT molecular complexity index is 1080. The molecule has 2 aromatic carbocycles. The van der Waals surface area contributed by atoms with Crippen molar-refractivity contribution < 1.29 is 23.7 Å². The zero-order chi connectivity index (χ0) is 22.4. The molecule has 0 radical (unpaired) electrons. The van der Waals surface area contributed by atoms with Crippen molar-refractivity contribution in [2.24, 2.45) is 7.05 Å². The fraction of sp³-hybridized carbons (Fsp3) is 0.250. The zero-order valence-electron chi connectivity index (χ0n) is 18.3. The molecule has 7 heteroatoms. The van der Waals surface area contributed by atoms with Gasteiger partial charge in [-0.05, 0) is 42.3 Å². The molecule has 0 N–H and O–H groups in total. The molecule has 0 spiro atoms. The molecule has 0 amide bonds. The van der Waals surface area contributed by atoms with E-state index in [9.17, 15) is 4.79 Å². The van der Waals surface area contributed by atoms with E-state index in [2.05, 4.69) is 5.10 Å². The summed E-state index contributed by atoms with van der Waals surface area (Å²) >= 11 is 0. The number of carbonyl (C=O) groups is 1. The molecule has 1 aromatic heterocycles. The molecule has 0 aliphatic carbocycles. The van der Waals surface area contributed by atoms with Crippen molar-refractivity contribution in [3.8, 4) is 22.9 Å². The maximum atomic E-state index is 12.2. The number of nitrogens with zero attached hydrogens (tertiary/aromatic N) is 2. The summed E-state index contributed by atoms with van der Waals surface area (Å²) in [6.07, 6.45) is 1.38. The van der Waals surface area contributed by atoms with Crippen LogP contribution >= 0.6 is 0 Å². The number of benzene rings is 2. The van der Waals surface area contributed by atoms with Crippen LogP contribution in [0.5, 0.6) is 11.6 Å². The Morgan fingerprint density at radius 1 is 1.06 bits per heavy atom. The van der Waals surface area contributed by atoms with Crippen molar-refractivity contribution in [3.63, 3.8) is 0 Å². The van der Waals surface area contributed by atoms with Crippen LogP contribution in [-0.2, 0) is 27.9 Å². The zero-order valence-corrected chi connectivity index (χ0v) is 18.3. The number of methoxy groups -OCH3 is 3. The predicted octanol–water partition coefficient (Wildman–Crippen LogP) is 4.14. The van der Waals surface area contributed by atoms with E-state index in [1.165, 1.54) is 20.5 Å². The monoisotopic (exact) mass is 422 g/mol. The van der Waals surface area contributed by atoms with Crippen molar-refractivity contribution in [1.82, 2.24) is 9.78 Å². The van der Waals surface area contributed by atoms with Crippen LogP contribution in [0, 0.1) is 6.92 Å². The second-order valence-corrected chi connectivity index (χ2v) is 6.84. The molecule has 0 atom stereocenters. The third-order valence-corrected chi connectivity index (χ3v) is 4.90. The van der Waals surface area contributed by atoms with E-state index < -0.39 is 5.97 Å². The molecule has 0 fully saturated rings. The highest BCUT2D eigenvalue weighted by Gasteiger charge is 2.19. The maximum absolute atomic E-state index is 12.2. The lowest BCUT2D eigenvalue weighted by atomic mass is 10.0. The molecule has 31 heavy (non-hydrogen) atoms. The van der Waals surface area contributed by atoms with Gasteiger partial charge in [0.1, 0.15) is 17.9 Å². The van der Waals surface area contributed by atoms with E-state index in [0.29, 0.717) is 17.0 Å². The molecule has 0 saturated carbocycles. The summed E-state index contributed by atoms with van der Waals surface area (Å²) in [5, 5.41) is 4.62. The lowest BCUT2D eigenvalue weighted by molar-refractivity contribution is -0.133. The molecule has 0 saturated heterocycles. The number of ether oxygens (including phenoxy) is 4. The largest absolute Gasteiger partial charge is 0.503 e. The van der Waals surface area contributed by atoms with E-state index >= 15 is 0 Å². The minimum atomic E-state index is -0.479. The Morgan fingerprint density at radius 3 is 2.42 bits per heavy atom. The minimum absolute atomic E-state index is 0.247. The Balaban J connectivity index is 1.88. The maximum Gasteiger partial charge on any atom is 0.341 e. The first-order chi connectivity index (χ1) is 15.0. The summed E-state index contributed by atoms with van der Waals surface area (Å²) in [6.45, 7) is 2.22. The molecular weight excluding hydrogens is 396 g/mol. The van der Waals surface area contributed by atoms with Crippen LogP contribution in [-0.4, -0.2) is 37.1 Å². The lowest BCUT2D eigenvalue weighted by Crippen LogP contribution is -2.09. The highest BCUT2D eigenvalue weighted by molar-refractivity contribution is 6.16. The molecule has 0 bridgehead atoms. The first kappa shape index (κ1) is 22.0. The number of carbonyl (C=O) groups excluding carboxylic acids is 1. The lowest BCUT2D eigenvalue weighted by Gasteiger charge is -2.13. The summed E-state index contributed by atoms with van der Waals surface area (Å²) in [6, 6.07) is 15.2. The summed E-state index contributed by atoms with van der Waals surface area (Å²) in [5.74, 6) is 0.958.